The highest BCUT2D eigenvalue weighted by Gasteiger charge is 2.27. The number of fused-ring (bicyclic) bond motifs is 1. The molecule has 2 aromatic carbocycles. The Bertz CT molecular complexity index is 1340. The summed E-state index contributed by atoms with van der Waals surface area (Å²) in [6, 6.07) is 11.1. The first-order valence-corrected chi connectivity index (χ1v) is 17.5. The van der Waals surface area contributed by atoms with Crippen LogP contribution in [0.1, 0.15) is 56.9 Å². The van der Waals surface area contributed by atoms with Gasteiger partial charge in [0.25, 0.3) is 0 Å². The van der Waals surface area contributed by atoms with E-state index in [2.05, 4.69) is 26.0 Å². The minimum atomic E-state index is -4.05. The molecule has 258 valence electrons. The highest BCUT2D eigenvalue weighted by atomic mass is 35.5. The average molecular weight is 703 g/mol. The summed E-state index contributed by atoms with van der Waals surface area (Å²) < 4.78 is 28.0. The maximum atomic E-state index is 13.2. The summed E-state index contributed by atoms with van der Waals surface area (Å²) in [5, 5.41) is 23.3. The molecule has 6 N–H and O–H groups in total. The number of nitrogens with one attached hydrogen (secondary N) is 5. The highest BCUT2D eigenvalue weighted by molar-refractivity contribution is 7.88. The Labute approximate surface area is 284 Å². The van der Waals surface area contributed by atoms with Crippen molar-refractivity contribution in [3.05, 3.63) is 48.0 Å². The molecule has 0 spiro atoms. The summed E-state index contributed by atoms with van der Waals surface area (Å²) in [6.07, 6.45) is 7.98. The van der Waals surface area contributed by atoms with Gasteiger partial charge in [0.1, 0.15) is 6.04 Å². The zero-order valence-electron chi connectivity index (χ0n) is 26.2. The van der Waals surface area contributed by atoms with E-state index < -0.39 is 40.2 Å². The number of amides is 2. The molecule has 46 heavy (non-hydrogen) atoms. The molecule has 2 aliphatic heterocycles. The van der Waals surface area contributed by atoms with Gasteiger partial charge in [-0.1, -0.05) is 42.5 Å². The average Bonchev–Trinajstić information content (AvgIpc) is 3.02. The first kappa shape index (κ1) is 39.7. The fourth-order valence-electron chi connectivity index (χ4n) is 6.27. The molecule has 0 aliphatic carbocycles. The van der Waals surface area contributed by atoms with Crippen LogP contribution in [0, 0.1) is 17.8 Å². The van der Waals surface area contributed by atoms with E-state index in [1.54, 1.807) is 12.1 Å². The molecule has 2 amide bonds. The zero-order valence-corrected chi connectivity index (χ0v) is 28.6. The Balaban J connectivity index is 0.00000368. The van der Waals surface area contributed by atoms with Crippen molar-refractivity contribution >= 4 is 63.4 Å². The molecular weight excluding hydrogens is 653 g/mol. The van der Waals surface area contributed by atoms with Crippen LogP contribution < -0.4 is 26.0 Å². The summed E-state index contributed by atoms with van der Waals surface area (Å²) >= 11 is 0. The number of sulfonamides is 1. The maximum absolute atomic E-state index is 13.2. The first-order valence-electron chi connectivity index (χ1n) is 15.9. The molecule has 14 heteroatoms. The number of halogens is 2. The van der Waals surface area contributed by atoms with E-state index in [0.29, 0.717) is 17.4 Å². The Morgan fingerprint density at radius 1 is 0.826 bits per heavy atom. The fourth-order valence-corrected chi connectivity index (χ4v) is 7.63. The van der Waals surface area contributed by atoms with Gasteiger partial charge in [0.05, 0.1) is 12.3 Å². The molecule has 0 radical (unpaired) electrons. The fraction of sp³-hybridized carbons (Fsp3) is 0.594. The molecule has 2 heterocycles. The third-order valence-electron chi connectivity index (χ3n) is 8.91. The lowest BCUT2D eigenvalue weighted by Crippen LogP contribution is -2.50. The second-order valence-corrected chi connectivity index (χ2v) is 13.9. The van der Waals surface area contributed by atoms with Crippen molar-refractivity contribution in [1.82, 2.24) is 26.0 Å². The molecule has 0 bridgehead atoms. The predicted octanol–water partition coefficient (Wildman–Crippen LogP) is 2.96. The molecule has 0 saturated carbocycles. The second-order valence-electron chi connectivity index (χ2n) is 12.2. The van der Waals surface area contributed by atoms with E-state index in [0.717, 1.165) is 88.3 Å². The van der Waals surface area contributed by atoms with Crippen LogP contribution >= 0.6 is 24.8 Å². The number of piperidine rings is 2. The van der Waals surface area contributed by atoms with Crippen molar-refractivity contribution in [2.75, 3.05) is 39.3 Å². The number of hydrogen-bond acceptors (Lipinski definition) is 7. The van der Waals surface area contributed by atoms with Gasteiger partial charge in [-0.05, 0) is 106 Å². The summed E-state index contributed by atoms with van der Waals surface area (Å²) in [5.41, 5.74) is 0.543. The Morgan fingerprint density at radius 3 is 1.98 bits per heavy atom. The van der Waals surface area contributed by atoms with Gasteiger partial charge < -0.3 is 26.4 Å². The summed E-state index contributed by atoms with van der Waals surface area (Å²) in [7, 11) is -4.05. The van der Waals surface area contributed by atoms with E-state index in [9.17, 15) is 27.9 Å². The molecule has 2 aromatic rings. The number of rotatable bonds is 16. The minimum Gasteiger partial charge on any atom is -0.480 e. The van der Waals surface area contributed by atoms with Crippen LogP contribution in [-0.4, -0.2) is 76.6 Å². The standard InChI is InChI=1S/C32H47N5O6S.2ClH/c38-30(21-36-31(39)26(10-8-23-12-16-33-17-13-23)11-9-24-14-18-34-19-15-24)35-20-29(32(40)41)37-44(42,43)22-27-6-3-5-25-4-1-2-7-28(25)27;;/h1-7,23-24,26,29,33-34,37H,8-22H2,(H,35,38)(H,36,39)(H,40,41);2*1H. The zero-order chi connectivity index (χ0) is 31.4. The van der Waals surface area contributed by atoms with Crippen molar-refractivity contribution in [1.29, 1.82) is 0 Å². The molecule has 2 aliphatic rings. The summed E-state index contributed by atoms with van der Waals surface area (Å²) in [5.74, 6) is -1.52. The van der Waals surface area contributed by atoms with Gasteiger partial charge in [-0.3, -0.25) is 14.4 Å². The number of carbonyl (C=O) groups excluding carboxylic acids is 2. The van der Waals surface area contributed by atoms with Gasteiger partial charge in [-0.15, -0.1) is 24.8 Å². The molecule has 0 aromatic heterocycles. The normalized spacial score (nSPS) is 16.6. The molecule has 1 atom stereocenters. The van der Waals surface area contributed by atoms with E-state index in [1.807, 2.05) is 30.3 Å². The second kappa shape index (κ2) is 20.0. The Morgan fingerprint density at radius 2 is 1.39 bits per heavy atom. The van der Waals surface area contributed by atoms with Gasteiger partial charge in [0, 0.05) is 12.5 Å². The van der Waals surface area contributed by atoms with Gasteiger partial charge in [0.2, 0.25) is 21.8 Å². The van der Waals surface area contributed by atoms with E-state index >= 15 is 0 Å². The molecule has 1 unspecified atom stereocenters. The number of benzene rings is 2. The number of carbonyl (C=O) groups is 3. The molecule has 2 fully saturated rings. The van der Waals surface area contributed by atoms with Crippen LogP contribution in [-0.2, 0) is 30.2 Å². The summed E-state index contributed by atoms with van der Waals surface area (Å²) in [4.78, 5) is 37.7. The number of carboxylic acid groups (broad SMARTS) is 1. The molecule has 2 saturated heterocycles. The van der Waals surface area contributed by atoms with E-state index in [-0.39, 0.29) is 43.2 Å². The van der Waals surface area contributed by atoms with Crippen molar-refractivity contribution in [2.45, 2.75) is 63.2 Å². The minimum absolute atomic E-state index is 0. The van der Waals surface area contributed by atoms with Crippen LogP contribution in [0.25, 0.3) is 10.8 Å². The van der Waals surface area contributed by atoms with E-state index in [4.69, 9.17) is 0 Å². The van der Waals surface area contributed by atoms with Crippen molar-refractivity contribution in [3.63, 3.8) is 0 Å². The molecule has 11 nitrogen and oxygen atoms in total. The monoisotopic (exact) mass is 701 g/mol. The Kier molecular flexibility index (Phi) is 17.3. The first-order chi connectivity index (χ1) is 21.2. The van der Waals surface area contributed by atoms with Crippen LogP contribution in [0.3, 0.4) is 0 Å². The largest absolute Gasteiger partial charge is 0.480 e. The smallest absolute Gasteiger partial charge is 0.323 e. The molecule has 4 rings (SSSR count). The van der Waals surface area contributed by atoms with Crippen molar-refractivity contribution in [3.8, 4) is 0 Å². The quantitative estimate of drug-likeness (QED) is 0.156. The maximum Gasteiger partial charge on any atom is 0.323 e. The van der Waals surface area contributed by atoms with Crippen LogP contribution in [0.4, 0.5) is 0 Å². The lowest BCUT2D eigenvalue weighted by Gasteiger charge is -2.27. The number of aliphatic carboxylic acids is 1. The lowest BCUT2D eigenvalue weighted by atomic mass is 9.84. The van der Waals surface area contributed by atoms with Crippen molar-refractivity contribution in [2.24, 2.45) is 17.8 Å². The third kappa shape index (κ3) is 13.0. The number of carboxylic acids is 1. The van der Waals surface area contributed by atoms with Gasteiger partial charge >= 0.3 is 5.97 Å². The number of hydrogen-bond donors (Lipinski definition) is 6. The van der Waals surface area contributed by atoms with Crippen LogP contribution in [0.15, 0.2) is 42.5 Å². The van der Waals surface area contributed by atoms with Crippen LogP contribution in [0.5, 0.6) is 0 Å². The van der Waals surface area contributed by atoms with Gasteiger partial charge in [-0.2, -0.15) is 4.72 Å². The predicted molar refractivity (Wildman–Crippen MR) is 185 cm³/mol. The topological polar surface area (TPSA) is 166 Å². The Hall–Kier alpha value is -2.48. The third-order valence-corrected chi connectivity index (χ3v) is 10.2. The van der Waals surface area contributed by atoms with E-state index in [1.165, 1.54) is 0 Å². The van der Waals surface area contributed by atoms with Crippen molar-refractivity contribution < 1.29 is 27.9 Å². The van der Waals surface area contributed by atoms with Gasteiger partial charge in [-0.25, -0.2) is 8.42 Å². The highest BCUT2D eigenvalue weighted by Crippen LogP contribution is 2.27. The molecular formula is C32H49Cl2N5O6S. The summed E-state index contributed by atoms with van der Waals surface area (Å²) in [6.45, 7) is 3.28. The SMILES string of the molecule is Cl.Cl.O=C(CNC(=O)C(CCC1CCNCC1)CCC1CCNCC1)NCC(NS(=O)(=O)Cc1cccc2ccccc12)C(=O)O. The van der Waals surface area contributed by atoms with Crippen LogP contribution in [0.2, 0.25) is 0 Å². The lowest BCUT2D eigenvalue weighted by molar-refractivity contribution is -0.139. The van der Waals surface area contributed by atoms with Gasteiger partial charge in [0.15, 0.2) is 0 Å².